The maximum absolute atomic E-state index is 6.64. The summed E-state index contributed by atoms with van der Waals surface area (Å²) in [6, 6.07) is 25.3. The summed E-state index contributed by atoms with van der Waals surface area (Å²) in [7, 11) is 0. The van der Waals surface area contributed by atoms with Crippen LogP contribution in [0.5, 0.6) is 28.7 Å². The van der Waals surface area contributed by atoms with Crippen molar-refractivity contribution in [3.8, 4) is 28.7 Å². The average molecular weight is 778 g/mol. The van der Waals surface area contributed by atoms with Crippen molar-refractivity contribution in [3.63, 3.8) is 0 Å². The molecule has 5 aromatic carbocycles. The minimum absolute atomic E-state index is 0.0912. The summed E-state index contributed by atoms with van der Waals surface area (Å²) >= 11 is 4.74. The maximum atomic E-state index is 6.64. The molecule has 42 heavy (non-hydrogen) atoms. The third kappa shape index (κ3) is 5.38. The quantitative estimate of drug-likeness (QED) is 0.103. The Morgan fingerprint density at radius 1 is 0.619 bits per heavy atom. The summed E-state index contributed by atoms with van der Waals surface area (Å²) in [5, 5.41) is 4.41. The number of halogens is 2. The zero-order chi connectivity index (χ0) is 29.2. The van der Waals surface area contributed by atoms with Crippen molar-refractivity contribution in [2.75, 3.05) is 19.8 Å². The van der Waals surface area contributed by atoms with Gasteiger partial charge in [-0.25, -0.2) is 0 Å². The Hall–Kier alpha value is -3.50. The average Bonchev–Trinajstić information content (AvgIpc) is 3.00. The zero-order valence-electron chi connectivity index (χ0n) is 22.9. The highest BCUT2D eigenvalue weighted by Gasteiger charge is 2.33. The molecular formula is C36H28I2O4. The number of fused-ring (bicyclic) bond motifs is 6. The summed E-state index contributed by atoms with van der Waals surface area (Å²) in [6.07, 6.45) is 5.27. The van der Waals surface area contributed by atoms with Gasteiger partial charge in [0.2, 0.25) is 0 Å². The van der Waals surface area contributed by atoms with Gasteiger partial charge in [0.15, 0.2) is 0 Å². The van der Waals surface area contributed by atoms with Crippen LogP contribution in [0.3, 0.4) is 0 Å². The summed E-state index contributed by atoms with van der Waals surface area (Å²) in [5.74, 6) is 4.09. The molecule has 0 aliphatic carbocycles. The fourth-order valence-electron chi connectivity index (χ4n) is 5.51. The van der Waals surface area contributed by atoms with Crippen LogP contribution in [0.2, 0.25) is 0 Å². The van der Waals surface area contributed by atoms with Crippen molar-refractivity contribution in [2.24, 2.45) is 0 Å². The normalized spacial score (nSPS) is 12.2. The number of ether oxygens (including phenoxy) is 4. The summed E-state index contributed by atoms with van der Waals surface area (Å²) in [6.45, 7) is 12.7. The Balaban J connectivity index is 1.60. The van der Waals surface area contributed by atoms with Gasteiger partial charge in [-0.1, -0.05) is 62.2 Å². The standard InChI is InChI=1S/C36H28I2O4/c1-4-15-39-25-9-11-27-22(18-25)7-13-31-34(27)33(24-20-29(37)36(30(38)21-24)41-17-6-3)35-28-12-10-26(40-16-5-2)19-23(28)8-14-32(35)42-31/h4-14,18-21,33H,1-3,15-17H2. The Bertz CT molecular complexity index is 1740. The number of benzene rings is 5. The topological polar surface area (TPSA) is 36.9 Å². The Kier molecular flexibility index (Phi) is 8.44. The lowest BCUT2D eigenvalue weighted by molar-refractivity contribution is 0.358. The van der Waals surface area contributed by atoms with Crippen LogP contribution >= 0.6 is 45.2 Å². The maximum Gasteiger partial charge on any atom is 0.146 e. The third-order valence-corrected chi connectivity index (χ3v) is 8.82. The molecule has 0 fully saturated rings. The fraction of sp³-hybridized carbons (Fsp3) is 0.111. The lowest BCUT2D eigenvalue weighted by atomic mass is 9.78. The van der Waals surface area contributed by atoms with E-state index in [9.17, 15) is 0 Å². The van der Waals surface area contributed by atoms with E-state index < -0.39 is 0 Å². The highest BCUT2D eigenvalue weighted by Crippen LogP contribution is 2.53. The van der Waals surface area contributed by atoms with Crippen LogP contribution < -0.4 is 18.9 Å². The largest absolute Gasteiger partial charge is 0.490 e. The molecule has 1 heterocycles. The first-order chi connectivity index (χ1) is 20.5. The van der Waals surface area contributed by atoms with Crippen molar-refractivity contribution in [1.29, 1.82) is 0 Å². The molecule has 0 N–H and O–H groups in total. The van der Waals surface area contributed by atoms with Crippen LogP contribution in [-0.2, 0) is 0 Å². The first-order valence-electron chi connectivity index (χ1n) is 13.5. The van der Waals surface area contributed by atoms with Crippen LogP contribution in [-0.4, -0.2) is 19.8 Å². The Morgan fingerprint density at radius 2 is 1.10 bits per heavy atom. The summed E-state index contributed by atoms with van der Waals surface area (Å²) < 4.78 is 26.5. The molecule has 6 heteroatoms. The molecule has 4 nitrogen and oxygen atoms in total. The van der Waals surface area contributed by atoms with Gasteiger partial charge in [-0.05, 0) is 121 Å². The van der Waals surface area contributed by atoms with Crippen molar-refractivity contribution < 1.29 is 18.9 Å². The molecule has 0 radical (unpaired) electrons. The smallest absolute Gasteiger partial charge is 0.146 e. The second kappa shape index (κ2) is 12.4. The molecule has 210 valence electrons. The van der Waals surface area contributed by atoms with E-state index in [2.05, 4.69) is 126 Å². The molecular weight excluding hydrogens is 750 g/mol. The molecule has 6 rings (SSSR count). The molecule has 0 amide bonds. The van der Waals surface area contributed by atoms with Gasteiger partial charge in [-0.2, -0.15) is 0 Å². The second-order valence-corrected chi connectivity index (χ2v) is 12.2. The third-order valence-electron chi connectivity index (χ3n) is 7.22. The highest BCUT2D eigenvalue weighted by molar-refractivity contribution is 14.1. The minimum atomic E-state index is -0.0912. The van der Waals surface area contributed by atoms with E-state index >= 15 is 0 Å². The van der Waals surface area contributed by atoms with Crippen LogP contribution in [0.1, 0.15) is 22.6 Å². The molecule has 5 aromatic rings. The van der Waals surface area contributed by atoms with Crippen molar-refractivity contribution in [3.05, 3.63) is 135 Å². The highest BCUT2D eigenvalue weighted by atomic mass is 127. The van der Waals surface area contributed by atoms with Gasteiger partial charge in [0.05, 0.1) is 7.14 Å². The Morgan fingerprint density at radius 3 is 1.57 bits per heavy atom. The molecule has 0 aromatic heterocycles. The van der Waals surface area contributed by atoms with Crippen molar-refractivity contribution >= 4 is 66.7 Å². The first-order valence-corrected chi connectivity index (χ1v) is 15.7. The molecule has 0 spiro atoms. The second-order valence-electron chi connectivity index (χ2n) is 9.87. The monoisotopic (exact) mass is 778 g/mol. The van der Waals surface area contributed by atoms with E-state index in [4.69, 9.17) is 18.9 Å². The molecule has 0 unspecified atom stereocenters. The van der Waals surface area contributed by atoms with Crippen LogP contribution in [0.4, 0.5) is 0 Å². The Labute approximate surface area is 272 Å². The van der Waals surface area contributed by atoms with Gasteiger partial charge in [-0.15, -0.1) is 0 Å². The fourth-order valence-corrected chi connectivity index (χ4v) is 7.64. The van der Waals surface area contributed by atoms with Crippen molar-refractivity contribution in [2.45, 2.75) is 5.92 Å². The number of hydrogen-bond acceptors (Lipinski definition) is 4. The number of hydrogen-bond donors (Lipinski definition) is 0. The van der Waals surface area contributed by atoms with E-state index in [0.717, 1.165) is 68.6 Å². The molecule has 0 saturated heterocycles. The summed E-state index contributed by atoms with van der Waals surface area (Å²) in [4.78, 5) is 0. The lowest BCUT2D eigenvalue weighted by Gasteiger charge is -2.31. The first kappa shape index (κ1) is 28.6. The van der Waals surface area contributed by atoms with Crippen LogP contribution in [0.15, 0.2) is 111 Å². The van der Waals surface area contributed by atoms with E-state index in [-0.39, 0.29) is 5.92 Å². The van der Waals surface area contributed by atoms with E-state index in [1.807, 2.05) is 12.1 Å². The lowest BCUT2D eigenvalue weighted by Crippen LogP contribution is -2.14. The van der Waals surface area contributed by atoms with Gasteiger partial charge in [0.1, 0.15) is 48.6 Å². The van der Waals surface area contributed by atoms with E-state index in [0.29, 0.717) is 19.8 Å². The molecule has 0 atom stereocenters. The van der Waals surface area contributed by atoms with E-state index in [1.165, 1.54) is 5.56 Å². The summed E-state index contributed by atoms with van der Waals surface area (Å²) in [5.41, 5.74) is 3.42. The molecule has 1 aliphatic heterocycles. The van der Waals surface area contributed by atoms with Gasteiger partial charge in [-0.3, -0.25) is 0 Å². The number of rotatable bonds is 10. The van der Waals surface area contributed by atoms with Gasteiger partial charge in [0, 0.05) is 17.0 Å². The van der Waals surface area contributed by atoms with Gasteiger partial charge < -0.3 is 18.9 Å². The zero-order valence-corrected chi connectivity index (χ0v) is 27.2. The molecule has 1 aliphatic rings. The molecule has 0 bridgehead atoms. The minimum Gasteiger partial charge on any atom is -0.490 e. The van der Waals surface area contributed by atoms with Crippen LogP contribution in [0, 0.1) is 7.14 Å². The van der Waals surface area contributed by atoms with E-state index in [1.54, 1.807) is 18.2 Å². The SMILES string of the molecule is C=CCOc1ccc2c3c(ccc2c1)Oc1ccc2cc(OCC=C)ccc2c1C3c1cc(I)c(OCC=C)c(I)c1. The van der Waals surface area contributed by atoms with Gasteiger partial charge >= 0.3 is 0 Å². The molecule has 0 saturated carbocycles. The predicted octanol–water partition coefficient (Wildman–Crippen LogP) is 10.2. The van der Waals surface area contributed by atoms with Gasteiger partial charge in [0.25, 0.3) is 0 Å². The van der Waals surface area contributed by atoms with Crippen molar-refractivity contribution in [1.82, 2.24) is 0 Å². The predicted molar refractivity (Wildman–Crippen MR) is 188 cm³/mol. The van der Waals surface area contributed by atoms with Crippen LogP contribution in [0.25, 0.3) is 21.5 Å².